The van der Waals surface area contributed by atoms with Gasteiger partial charge in [0.05, 0.1) is 0 Å². The van der Waals surface area contributed by atoms with Crippen molar-refractivity contribution >= 4 is 5.96 Å². The van der Waals surface area contributed by atoms with Crippen molar-refractivity contribution in [2.75, 3.05) is 33.2 Å². The fourth-order valence-electron chi connectivity index (χ4n) is 2.07. The van der Waals surface area contributed by atoms with Gasteiger partial charge in [-0.1, -0.05) is 13.8 Å². The second kappa shape index (κ2) is 7.54. The average Bonchev–Trinajstić information content (AvgIpc) is 2.68. The van der Waals surface area contributed by atoms with Gasteiger partial charge in [-0.3, -0.25) is 4.99 Å². The molecule has 0 aromatic carbocycles. The molecule has 0 aromatic heterocycles. The van der Waals surface area contributed by atoms with Crippen molar-refractivity contribution in [3.63, 3.8) is 0 Å². The normalized spacial score (nSPS) is 22.2. The molecule has 4 nitrogen and oxygen atoms in total. The lowest BCUT2D eigenvalue weighted by Gasteiger charge is -2.21. The van der Waals surface area contributed by atoms with E-state index in [1.54, 1.807) is 0 Å². The van der Waals surface area contributed by atoms with Gasteiger partial charge in [0.15, 0.2) is 5.96 Å². The minimum Gasteiger partial charge on any atom is -0.357 e. The standard InChI is InChI=1S/C13H28N4/c1-5-14-13(15-9-11(2)3)16-10-12-7-6-8-17(12)4/h11-12H,5-10H2,1-4H3,(H2,14,15,16). The molecule has 0 amide bonds. The maximum atomic E-state index is 4.57. The highest BCUT2D eigenvalue weighted by molar-refractivity contribution is 5.79. The fourth-order valence-corrected chi connectivity index (χ4v) is 2.07. The smallest absolute Gasteiger partial charge is 0.191 e. The lowest BCUT2D eigenvalue weighted by molar-refractivity contribution is 0.309. The maximum absolute atomic E-state index is 4.57. The van der Waals surface area contributed by atoms with Crippen LogP contribution in [0.5, 0.6) is 0 Å². The summed E-state index contributed by atoms with van der Waals surface area (Å²) in [5, 5.41) is 6.74. The molecule has 1 saturated heterocycles. The van der Waals surface area contributed by atoms with Crippen molar-refractivity contribution in [2.45, 2.75) is 39.7 Å². The summed E-state index contributed by atoms with van der Waals surface area (Å²) in [5.74, 6) is 1.57. The van der Waals surface area contributed by atoms with Gasteiger partial charge in [-0.15, -0.1) is 0 Å². The maximum Gasteiger partial charge on any atom is 0.191 e. The van der Waals surface area contributed by atoms with Crippen molar-refractivity contribution in [1.29, 1.82) is 0 Å². The molecule has 100 valence electrons. The van der Waals surface area contributed by atoms with E-state index < -0.39 is 0 Å². The summed E-state index contributed by atoms with van der Waals surface area (Å²) < 4.78 is 0. The van der Waals surface area contributed by atoms with E-state index in [-0.39, 0.29) is 0 Å². The number of nitrogens with one attached hydrogen (secondary N) is 2. The van der Waals surface area contributed by atoms with Crippen LogP contribution < -0.4 is 10.6 Å². The first kappa shape index (κ1) is 14.3. The Kier molecular flexibility index (Phi) is 6.34. The van der Waals surface area contributed by atoms with Crippen LogP contribution in [-0.4, -0.2) is 50.1 Å². The second-order valence-electron chi connectivity index (χ2n) is 5.27. The number of guanidine groups is 1. The molecule has 2 N–H and O–H groups in total. The molecule has 17 heavy (non-hydrogen) atoms. The summed E-state index contributed by atoms with van der Waals surface area (Å²) in [6.45, 7) is 10.5. The molecule has 1 aliphatic rings. The predicted octanol–water partition coefficient (Wildman–Crippen LogP) is 1.29. The molecule has 1 fully saturated rings. The first-order valence-corrected chi connectivity index (χ1v) is 6.86. The topological polar surface area (TPSA) is 39.7 Å². The molecule has 0 spiro atoms. The Balaban J connectivity index is 2.35. The minimum absolute atomic E-state index is 0.611. The van der Waals surface area contributed by atoms with E-state index >= 15 is 0 Å². The van der Waals surface area contributed by atoms with Crippen LogP contribution in [0.15, 0.2) is 4.99 Å². The van der Waals surface area contributed by atoms with Gasteiger partial charge < -0.3 is 15.5 Å². The number of hydrogen-bond donors (Lipinski definition) is 2. The van der Waals surface area contributed by atoms with Crippen LogP contribution in [0.4, 0.5) is 0 Å². The summed E-state index contributed by atoms with van der Waals surface area (Å²) in [7, 11) is 2.21. The lowest BCUT2D eigenvalue weighted by atomic mass is 10.2. The highest BCUT2D eigenvalue weighted by Gasteiger charge is 2.20. The monoisotopic (exact) mass is 240 g/mol. The Hall–Kier alpha value is -0.770. The van der Waals surface area contributed by atoms with Crippen LogP contribution in [-0.2, 0) is 0 Å². The summed E-state index contributed by atoms with van der Waals surface area (Å²) in [6, 6.07) is 0.665. The Bertz CT molecular complexity index is 238. The molecule has 1 aliphatic heterocycles. The average molecular weight is 240 g/mol. The van der Waals surface area contributed by atoms with Gasteiger partial charge in [0.25, 0.3) is 0 Å². The molecule has 0 aromatic rings. The van der Waals surface area contributed by atoms with E-state index in [1.807, 2.05) is 0 Å². The summed E-state index contributed by atoms with van der Waals surface area (Å²) in [5.41, 5.74) is 0. The number of nitrogens with zero attached hydrogens (tertiary/aromatic N) is 2. The van der Waals surface area contributed by atoms with Gasteiger partial charge in [-0.25, -0.2) is 0 Å². The molecular formula is C13H28N4. The van der Waals surface area contributed by atoms with Crippen molar-refractivity contribution < 1.29 is 0 Å². The van der Waals surface area contributed by atoms with Crippen LogP contribution in [0.1, 0.15) is 33.6 Å². The second-order valence-corrected chi connectivity index (χ2v) is 5.27. The summed E-state index contributed by atoms with van der Waals surface area (Å²) >= 11 is 0. The van der Waals surface area contributed by atoms with Gasteiger partial charge in [0, 0.05) is 25.7 Å². The molecule has 0 saturated carbocycles. The van der Waals surface area contributed by atoms with Crippen molar-refractivity contribution in [3.8, 4) is 0 Å². The first-order valence-electron chi connectivity index (χ1n) is 6.86. The van der Waals surface area contributed by atoms with Crippen molar-refractivity contribution in [2.24, 2.45) is 10.9 Å². The molecular weight excluding hydrogens is 212 g/mol. The first-order chi connectivity index (χ1) is 8.13. The SMILES string of the molecule is CCNC(=NCC(C)C)NCC1CCCN1C. The zero-order valence-electron chi connectivity index (χ0n) is 11.8. The third kappa shape index (κ3) is 5.39. The molecule has 4 heteroatoms. The molecule has 1 unspecified atom stereocenters. The molecule has 0 aliphatic carbocycles. The zero-order valence-corrected chi connectivity index (χ0v) is 11.8. The Labute approximate surface area is 106 Å². The van der Waals surface area contributed by atoms with Crippen molar-refractivity contribution in [1.82, 2.24) is 15.5 Å². The van der Waals surface area contributed by atoms with E-state index in [0.29, 0.717) is 12.0 Å². The quantitative estimate of drug-likeness (QED) is 0.562. The lowest BCUT2D eigenvalue weighted by Crippen LogP contribution is -2.44. The highest BCUT2D eigenvalue weighted by Crippen LogP contribution is 2.13. The third-order valence-corrected chi connectivity index (χ3v) is 3.14. The number of hydrogen-bond acceptors (Lipinski definition) is 2. The molecule has 1 atom stereocenters. The van der Waals surface area contributed by atoms with Gasteiger partial charge in [-0.2, -0.15) is 0 Å². The van der Waals surface area contributed by atoms with Crippen molar-refractivity contribution in [3.05, 3.63) is 0 Å². The van der Waals surface area contributed by atoms with E-state index in [9.17, 15) is 0 Å². The summed E-state index contributed by atoms with van der Waals surface area (Å²) in [4.78, 5) is 7.00. The largest absolute Gasteiger partial charge is 0.357 e. The van der Waals surface area contributed by atoms with Gasteiger partial charge in [-0.05, 0) is 39.3 Å². The Morgan fingerprint density at radius 1 is 1.41 bits per heavy atom. The summed E-state index contributed by atoms with van der Waals surface area (Å²) in [6.07, 6.45) is 2.62. The van der Waals surface area contributed by atoms with E-state index in [4.69, 9.17) is 0 Å². The fraction of sp³-hybridized carbons (Fsp3) is 0.923. The van der Waals surface area contributed by atoms with Gasteiger partial charge >= 0.3 is 0 Å². The van der Waals surface area contributed by atoms with E-state index in [2.05, 4.69) is 48.3 Å². The Morgan fingerprint density at radius 3 is 2.71 bits per heavy atom. The number of likely N-dealkylation sites (N-methyl/N-ethyl adjacent to an activating group) is 1. The highest BCUT2D eigenvalue weighted by atomic mass is 15.2. The van der Waals surface area contributed by atoms with Crippen LogP contribution in [0, 0.1) is 5.92 Å². The zero-order chi connectivity index (χ0) is 12.7. The Morgan fingerprint density at radius 2 is 2.18 bits per heavy atom. The molecule has 0 bridgehead atoms. The molecule has 1 rings (SSSR count). The number of rotatable bonds is 5. The van der Waals surface area contributed by atoms with Crippen LogP contribution in [0.25, 0.3) is 0 Å². The van der Waals surface area contributed by atoms with Crippen LogP contribution in [0.3, 0.4) is 0 Å². The third-order valence-electron chi connectivity index (χ3n) is 3.14. The van der Waals surface area contributed by atoms with Crippen LogP contribution >= 0.6 is 0 Å². The number of likely N-dealkylation sites (tertiary alicyclic amines) is 1. The van der Waals surface area contributed by atoms with E-state index in [0.717, 1.165) is 25.6 Å². The minimum atomic E-state index is 0.611. The molecule has 0 radical (unpaired) electrons. The van der Waals surface area contributed by atoms with Crippen LogP contribution in [0.2, 0.25) is 0 Å². The molecule has 1 heterocycles. The number of aliphatic imine (C=N–C) groups is 1. The van der Waals surface area contributed by atoms with Gasteiger partial charge in [0.1, 0.15) is 0 Å². The van der Waals surface area contributed by atoms with Gasteiger partial charge in [0.2, 0.25) is 0 Å². The predicted molar refractivity (Wildman–Crippen MR) is 74.5 cm³/mol. The van der Waals surface area contributed by atoms with E-state index in [1.165, 1.54) is 19.4 Å².